The van der Waals surface area contributed by atoms with Crippen LogP contribution in [0, 0.1) is 0 Å². The average Bonchev–Trinajstić information content (AvgIpc) is 3.01. The lowest BCUT2D eigenvalue weighted by atomic mass is 9.94. The largest absolute Gasteiger partial charge is 0.435 e. The minimum atomic E-state index is -2.81. The molecule has 1 unspecified atom stereocenters. The van der Waals surface area contributed by atoms with E-state index in [1.807, 2.05) is 0 Å². The number of ether oxygens (including phenoxy) is 2. The number of alkyl halides is 2. The summed E-state index contributed by atoms with van der Waals surface area (Å²) in [4.78, 5) is 5.47. The van der Waals surface area contributed by atoms with E-state index in [0.717, 1.165) is 17.7 Å². The van der Waals surface area contributed by atoms with Crippen LogP contribution in [0.25, 0.3) is 0 Å². The normalized spacial score (nSPS) is 25.7. The summed E-state index contributed by atoms with van der Waals surface area (Å²) in [6.45, 7) is -1.58. The summed E-state index contributed by atoms with van der Waals surface area (Å²) in [5.41, 5.74) is 1.34. The molecule has 3 rings (SSSR count). The second kappa shape index (κ2) is 4.77. The summed E-state index contributed by atoms with van der Waals surface area (Å²) in [5.74, 6) is 0.136. The minimum Gasteiger partial charge on any atom is -0.435 e. The van der Waals surface area contributed by atoms with E-state index in [1.54, 1.807) is 12.1 Å². The molecule has 2 aliphatic heterocycles. The molecule has 6 heteroatoms. The Morgan fingerprint density at radius 1 is 1.26 bits per heavy atom. The van der Waals surface area contributed by atoms with E-state index in [-0.39, 0.29) is 11.4 Å². The summed E-state index contributed by atoms with van der Waals surface area (Å²) in [5, 5.41) is 4.08. The molecule has 4 nitrogen and oxygen atoms in total. The van der Waals surface area contributed by atoms with Crippen molar-refractivity contribution in [2.24, 2.45) is 5.16 Å². The van der Waals surface area contributed by atoms with Crippen molar-refractivity contribution < 1.29 is 23.1 Å². The lowest BCUT2D eigenvalue weighted by Crippen LogP contribution is -2.29. The monoisotopic (exact) mass is 269 g/mol. The molecule has 19 heavy (non-hydrogen) atoms. The van der Waals surface area contributed by atoms with E-state index in [9.17, 15) is 8.78 Å². The minimum absolute atomic E-state index is 0.136. The van der Waals surface area contributed by atoms with Crippen molar-refractivity contribution >= 4 is 5.71 Å². The van der Waals surface area contributed by atoms with Crippen LogP contribution in [0.2, 0.25) is 0 Å². The first kappa shape index (κ1) is 12.3. The summed E-state index contributed by atoms with van der Waals surface area (Å²) >= 11 is 0. The van der Waals surface area contributed by atoms with Crippen LogP contribution >= 0.6 is 0 Å². The van der Waals surface area contributed by atoms with Gasteiger partial charge in [0, 0.05) is 12.8 Å². The molecule has 1 aromatic rings. The van der Waals surface area contributed by atoms with Crippen LogP contribution in [0.4, 0.5) is 8.78 Å². The van der Waals surface area contributed by atoms with Gasteiger partial charge in [0.15, 0.2) is 5.60 Å². The molecule has 0 aromatic heterocycles. The Morgan fingerprint density at radius 3 is 2.68 bits per heavy atom. The molecule has 2 heterocycles. The maximum absolute atomic E-state index is 12.0. The van der Waals surface area contributed by atoms with Crippen LogP contribution < -0.4 is 4.74 Å². The fourth-order valence-electron chi connectivity index (χ4n) is 2.31. The second-order valence-electron chi connectivity index (χ2n) is 4.69. The van der Waals surface area contributed by atoms with Gasteiger partial charge in [-0.25, -0.2) is 0 Å². The van der Waals surface area contributed by atoms with E-state index < -0.39 is 6.61 Å². The van der Waals surface area contributed by atoms with Gasteiger partial charge >= 0.3 is 6.61 Å². The Hall–Kier alpha value is -1.69. The molecule has 1 atom stereocenters. The number of oxime groups is 1. The Bertz CT molecular complexity index is 481. The summed E-state index contributed by atoms with van der Waals surface area (Å²) in [6.07, 6.45) is 1.51. The van der Waals surface area contributed by atoms with E-state index in [0.29, 0.717) is 19.6 Å². The van der Waals surface area contributed by atoms with Crippen molar-refractivity contribution in [1.29, 1.82) is 0 Å². The van der Waals surface area contributed by atoms with Crippen LogP contribution in [0.15, 0.2) is 29.4 Å². The third-order valence-corrected chi connectivity index (χ3v) is 3.32. The molecule has 102 valence electrons. The highest BCUT2D eigenvalue weighted by atomic mass is 19.3. The van der Waals surface area contributed by atoms with Crippen LogP contribution in [0.1, 0.15) is 18.4 Å². The van der Waals surface area contributed by atoms with Crippen molar-refractivity contribution in [3.63, 3.8) is 0 Å². The molecule has 1 aromatic carbocycles. The third kappa shape index (κ3) is 2.53. The lowest BCUT2D eigenvalue weighted by Gasteiger charge is -2.17. The Kier molecular flexibility index (Phi) is 3.10. The van der Waals surface area contributed by atoms with Crippen LogP contribution in [0.5, 0.6) is 5.75 Å². The quantitative estimate of drug-likeness (QED) is 0.846. The predicted octanol–water partition coefficient (Wildman–Crippen LogP) is 2.57. The zero-order valence-corrected chi connectivity index (χ0v) is 10.1. The van der Waals surface area contributed by atoms with E-state index in [4.69, 9.17) is 9.57 Å². The van der Waals surface area contributed by atoms with Crippen LogP contribution in [0.3, 0.4) is 0 Å². The van der Waals surface area contributed by atoms with E-state index in [1.165, 1.54) is 12.1 Å². The molecule has 0 radical (unpaired) electrons. The number of benzene rings is 1. The molecule has 0 saturated carbocycles. The van der Waals surface area contributed by atoms with Crippen molar-refractivity contribution in [2.45, 2.75) is 25.1 Å². The zero-order valence-electron chi connectivity index (χ0n) is 10.1. The van der Waals surface area contributed by atoms with Gasteiger partial charge < -0.3 is 14.3 Å². The average molecular weight is 269 g/mol. The SMILES string of the molecule is FC(F)Oc1ccc(C2=NOC3(CCOC3)C2)cc1. The number of nitrogens with zero attached hydrogens (tertiary/aromatic N) is 1. The van der Waals surface area contributed by atoms with Crippen molar-refractivity contribution in [2.75, 3.05) is 13.2 Å². The molecular weight excluding hydrogens is 256 g/mol. The third-order valence-electron chi connectivity index (χ3n) is 3.32. The van der Waals surface area contributed by atoms with Gasteiger partial charge in [-0.05, 0) is 29.8 Å². The maximum atomic E-state index is 12.0. The summed E-state index contributed by atoms with van der Waals surface area (Å²) in [6, 6.07) is 6.41. The summed E-state index contributed by atoms with van der Waals surface area (Å²) < 4.78 is 33.7. The Balaban J connectivity index is 1.70. The molecule has 0 N–H and O–H groups in total. The van der Waals surface area contributed by atoms with Gasteiger partial charge in [-0.15, -0.1) is 0 Å². The van der Waals surface area contributed by atoms with Gasteiger partial charge in [0.1, 0.15) is 5.75 Å². The first-order valence-electron chi connectivity index (χ1n) is 6.05. The van der Waals surface area contributed by atoms with Gasteiger partial charge in [-0.1, -0.05) is 5.16 Å². The topological polar surface area (TPSA) is 40.0 Å². The number of hydrogen-bond acceptors (Lipinski definition) is 4. The van der Waals surface area contributed by atoms with Gasteiger partial charge in [0.05, 0.1) is 18.9 Å². The van der Waals surface area contributed by atoms with Gasteiger partial charge in [0.2, 0.25) is 0 Å². The first-order chi connectivity index (χ1) is 9.17. The summed E-state index contributed by atoms with van der Waals surface area (Å²) in [7, 11) is 0. The molecular formula is C13H13F2NO3. The van der Waals surface area contributed by atoms with Gasteiger partial charge in [-0.2, -0.15) is 8.78 Å². The smallest absolute Gasteiger partial charge is 0.387 e. The standard InChI is InChI=1S/C13H13F2NO3/c14-12(15)18-10-3-1-9(2-4-10)11-7-13(19-16-11)5-6-17-8-13/h1-4,12H,5-8H2. The number of rotatable bonds is 3. The zero-order chi connectivity index (χ0) is 13.3. The molecule has 2 aliphatic rings. The molecule has 0 aliphatic carbocycles. The number of halogens is 2. The van der Waals surface area contributed by atoms with Crippen molar-refractivity contribution in [3.8, 4) is 5.75 Å². The molecule has 1 fully saturated rings. The van der Waals surface area contributed by atoms with Crippen molar-refractivity contribution in [3.05, 3.63) is 29.8 Å². The fraction of sp³-hybridized carbons (Fsp3) is 0.462. The second-order valence-corrected chi connectivity index (χ2v) is 4.69. The van der Waals surface area contributed by atoms with Crippen LogP contribution in [-0.2, 0) is 9.57 Å². The van der Waals surface area contributed by atoms with Crippen LogP contribution in [-0.4, -0.2) is 31.1 Å². The molecule has 1 spiro atoms. The molecule has 0 bridgehead atoms. The van der Waals surface area contributed by atoms with Gasteiger partial charge in [0.25, 0.3) is 0 Å². The number of hydrogen-bond donors (Lipinski definition) is 0. The molecule has 0 amide bonds. The first-order valence-corrected chi connectivity index (χ1v) is 6.05. The van der Waals surface area contributed by atoms with Gasteiger partial charge in [-0.3, -0.25) is 0 Å². The highest BCUT2D eigenvalue weighted by Gasteiger charge is 2.43. The lowest BCUT2D eigenvalue weighted by molar-refractivity contribution is -0.0498. The maximum Gasteiger partial charge on any atom is 0.387 e. The van der Waals surface area contributed by atoms with E-state index in [2.05, 4.69) is 9.89 Å². The highest BCUT2D eigenvalue weighted by molar-refractivity contribution is 6.01. The Labute approximate surface area is 108 Å². The van der Waals surface area contributed by atoms with Crippen molar-refractivity contribution in [1.82, 2.24) is 0 Å². The molecule has 1 saturated heterocycles. The fourth-order valence-corrected chi connectivity index (χ4v) is 2.31. The van der Waals surface area contributed by atoms with E-state index >= 15 is 0 Å². The Morgan fingerprint density at radius 2 is 2.05 bits per heavy atom. The highest BCUT2D eigenvalue weighted by Crippen LogP contribution is 2.34. The predicted molar refractivity (Wildman–Crippen MR) is 63.5 cm³/mol.